The van der Waals surface area contributed by atoms with E-state index in [2.05, 4.69) is 23.8 Å². The van der Waals surface area contributed by atoms with E-state index in [1.54, 1.807) is 18.8 Å². The summed E-state index contributed by atoms with van der Waals surface area (Å²) in [7, 11) is 1.67. The molecule has 0 aromatic carbocycles. The first kappa shape index (κ1) is 16.9. The van der Waals surface area contributed by atoms with Gasteiger partial charge >= 0.3 is 6.03 Å². The summed E-state index contributed by atoms with van der Waals surface area (Å²) in [6, 6.07) is -0.837. The third kappa shape index (κ3) is 3.45. The van der Waals surface area contributed by atoms with Crippen molar-refractivity contribution in [2.45, 2.75) is 45.3 Å². The molecule has 2 atom stereocenters. The van der Waals surface area contributed by atoms with Crippen LogP contribution in [-0.4, -0.2) is 58.5 Å². The van der Waals surface area contributed by atoms with Gasteiger partial charge in [0.2, 0.25) is 0 Å². The molecule has 3 amide bonds. The number of amides is 3. The predicted molar refractivity (Wildman–Crippen MR) is 89.8 cm³/mol. The molecule has 122 valence electrons. The second-order valence-corrected chi connectivity index (χ2v) is 6.88. The molecule has 0 spiro atoms. The zero-order chi connectivity index (χ0) is 16.3. The van der Waals surface area contributed by atoms with Crippen LogP contribution in [0.4, 0.5) is 4.79 Å². The predicted octanol–water partition coefficient (Wildman–Crippen LogP) is 2.03. The lowest BCUT2D eigenvalue weighted by Gasteiger charge is -2.36. The fourth-order valence-corrected chi connectivity index (χ4v) is 3.65. The quantitative estimate of drug-likeness (QED) is 0.600. The first-order valence-corrected chi connectivity index (χ1v) is 8.63. The number of nitrogens with zero attached hydrogens (tertiary/aromatic N) is 3. The van der Waals surface area contributed by atoms with E-state index < -0.39 is 12.2 Å². The van der Waals surface area contributed by atoms with Crippen LogP contribution < -0.4 is 5.32 Å². The Kier molecular flexibility index (Phi) is 5.50. The van der Waals surface area contributed by atoms with Crippen LogP contribution in [0.25, 0.3) is 0 Å². The van der Waals surface area contributed by atoms with Gasteiger partial charge in [0.15, 0.2) is 17.4 Å². The zero-order valence-electron chi connectivity index (χ0n) is 13.5. The summed E-state index contributed by atoms with van der Waals surface area (Å²) in [5.41, 5.74) is 0.967. The largest absolute Gasteiger partial charge is 0.332 e. The summed E-state index contributed by atoms with van der Waals surface area (Å²) < 4.78 is 0. The molecule has 0 bridgehead atoms. The van der Waals surface area contributed by atoms with Crippen molar-refractivity contribution in [2.24, 2.45) is 4.99 Å². The Morgan fingerprint density at radius 2 is 2.14 bits per heavy atom. The fourth-order valence-electron chi connectivity index (χ4n) is 2.59. The van der Waals surface area contributed by atoms with Crippen LogP contribution in [0, 0.1) is 0 Å². The zero-order valence-corrected chi connectivity index (χ0v) is 14.3. The van der Waals surface area contributed by atoms with Gasteiger partial charge in [-0.1, -0.05) is 43.7 Å². The van der Waals surface area contributed by atoms with Crippen LogP contribution >= 0.6 is 11.8 Å². The van der Waals surface area contributed by atoms with Gasteiger partial charge in [0.05, 0.1) is 0 Å². The number of thioether (sulfide) groups is 1. The van der Waals surface area contributed by atoms with Gasteiger partial charge in [-0.3, -0.25) is 10.1 Å². The third-order valence-electron chi connectivity index (χ3n) is 3.74. The summed E-state index contributed by atoms with van der Waals surface area (Å²) in [6.07, 6.45) is 3.05. The number of carbonyl (C=O) groups is 2. The van der Waals surface area contributed by atoms with E-state index in [4.69, 9.17) is 0 Å². The first-order valence-electron chi connectivity index (χ1n) is 7.65. The maximum atomic E-state index is 12.2. The normalized spacial score (nSPS) is 24.2. The molecule has 6 nitrogen and oxygen atoms in total. The monoisotopic (exact) mass is 324 g/mol. The maximum absolute atomic E-state index is 12.2. The van der Waals surface area contributed by atoms with Crippen molar-refractivity contribution < 1.29 is 9.59 Å². The second-order valence-electron chi connectivity index (χ2n) is 5.82. The molecule has 1 N–H and O–H groups in total. The van der Waals surface area contributed by atoms with Gasteiger partial charge in [0.1, 0.15) is 0 Å². The van der Waals surface area contributed by atoms with Gasteiger partial charge in [-0.25, -0.2) is 9.79 Å². The van der Waals surface area contributed by atoms with Crippen molar-refractivity contribution in [3.05, 3.63) is 12.2 Å². The smallest absolute Gasteiger partial charge is 0.325 e. The first-order chi connectivity index (χ1) is 10.5. The molecule has 2 aliphatic rings. The van der Waals surface area contributed by atoms with Crippen molar-refractivity contribution in [2.75, 3.05) is 19.3 Å². The van der Waals surface area contributed by atoms with E-state index in [1.165, 1.54) is 17.7 Å². The summed E-state index contributed by atoms with van der Waals surface area (Å²) in [5.74, 6) is 0.695. The van der Waals surface area contributed by atoms with Crippen LogP contribution in [0.15, 0.2) is 17.1 Å². The number of likely N-dealkylation sites (N-methyl/N-ethyl adjacent to an activating group) is 1. The van der Waals surface area contributed by atoms with Crippen LogP contribution in [-0.2, 0) is 4.79 Å². The van der Waals surface area contributed by atoms with Crippen molar-refractivity contribution in [3.63, 3.8) is 0 Å². The molecular formula is C15H24N4O2S. The highest BCUT2D eigenvalue weighted by Gasteiger charge is 2.48. The van der Waals surface area contributed by atoms with E-state index in [0.717, 1.165) is 22.9 Å². The van der Waals surface area contributed by atoms with E-state index in [-0.39, 0.29) is 11.9 Å². The van der Waals surface area contributed by atoms with Gasteiger partial charge < -0.3 is 9.80 Å². The van der Waals surface area contributed by atoms with Crippen molar-refractivity contribution in [1.82, 2.24) is 15.1 Å². The molecule has 7 heteroatoms. The Morgan fingerprint density at radius 1 is 1.41 bits per heavy atom. The molecule has 2 unspecified atom stereocenters. The second kappa shape index (κ2) is 7.17. The molecular weight excluding hydrogens is 300 g/mol. The number of fused-ring (bicyclic) bond motifs is 1. The van der Waals surface area contributed by atoms with E-state index >= 15 is 0 Å². The number of rotatable bonds is 6. The molecule has 2 heterocycles. The topological polar surface area (TPSA) is 65.0 Å². The van der Waals surface area contributed by atoms with Crippen LogP contribution in [0.1, 0.15) is 33.1 Å². The Balaban J connectivity index is 2.15. The van der Waals surface area contributed by atoms with E-state index in [9.17, 15) is 9.59 Å². The highest BCUT2D eigenvalue weighted by Crippen LogP contribution is 2.29. The number of carbonyl (C=O) groups excluding carboxylic acids is 2. The average molecular weight is 324 g/mol. The van der Waals surface area contributed by atoms with E-state index in [1.807, 2.05) is 11.8 Å². The van der Waals surface area contributed by atoms with E-state index in [0.29, 0.717) is 6.54 Å². The lowest BCUT2D eigenvalue weighted by Crippen LogP contribution is -2.63. The third-order valence-corrected chi connectivity index (χ3v) is 4.83. The van der Waals surface area contributed by atoms with Gasteiger partial charge in [-0.05, 0) is 13.3 Å². The number of urea groups is 1. The highest BCUT2D eigenvalue weighted by atomic mass is 32.2. The Morgan fingerprint density at radius 3 is 2.77 bits per heavy atom. The number of nitrogens with one attached hydrogen (secondary N) is 1. The van der Waals surface area contributed by atoms with Gasteiger partial charge in [0.25, 0.3) is 5.91 Å². The highest BCUT2D eigenvalue weighted by molar-refractivity contribution is 8.13. The van der Waals surface area contributed by atoms with Crippen LogP contribution in [0.3, 0.4) is 0 Å². The molecule has 22 heavy (non-hydrogen) atoms. The van der Waals surface area contributed by atoms with Crippen LogP contribution in [0.2, 0.25) is 0 Å². The molecule has 2 aliphatic heterocycles. The summed E-state index contributed by atoms with van der Waals surface area (Å²) >= 11 is 1.66. The molecule has 1 saturated heterocycles. The molecule has 0 saturated carbocycles. The minimum absolute atomic E-state index is 0.276. The minimum atomic E-state index is -0.451. The van der Waals surface area contributed by atoms with Gasteiger partial charge in [-0.2, -0.15) is 0 Å². The summed E-state index contributed by atoms with van der Waals surface area (Å²) in [5, 5.41) is 3.23. The lowest BCUT2D eigenvalue weighted by atomic mass is 10.1. The maximum Gasteiger partial charge on any atom is 0.325 e. The van der Waals surface area contributed by atoms with Gasteiger partial charge in [0, 0.05) is 19.3 Å². The lowest BCUT2D eigenvalue weighted by molar-refractivity contribution is -0.126. The number of unbranched alkanes of at least 4 members (excludes halogenated alkanes) is 2. The number of hydrogen-bond acceptors (Lipinski definition) is 5. The minimum Gasteiger partial charge on any atom is -0.332 e. The Bertz CT molecular complexity index is 506. The molecule has 2 rings (SSSR count). The number of amidine groups is 1. The number of imide groups is 1. The van der Waals surface area contributed by atoms with Gasteiger partial charge in [-0.15, -0.1) is 0 Å². The molecule has 0 aliphatic carbocycles. The summed E-state index contributed by atoms with van der Waals surface area (Å²) in [4.78, 5) is 32.1. The van der Waals surface area contributed by atoms with Crippen molar-refractivity contribution >= 4 is 28.9 Å². The average Bonchev–Trinajstić information content (AvgIpc) is 2.80. The van der Waals surface area contributed by atoms with Crippen LogP contribution in [0.5, 0.6) is 0 Å². The number of hydrogen-bond donors (Lipinski definition) is 1. The SMILES string of the molecule is C=C(C)CN1C(SCCCCC)=NC2C1C(=O)NC(=O)N2C. The molecule has 0 aromatic rings. The molecule has 1 fully saturated rings. The number of aliphatic imine (C=N–C) groups is 1. The summed E-state index contributed by atoms with van der Waals surface area (Å²) in [6.45, 7) is 8.62. The fraction of sp³-hybridized carbons (Fsp3) is 0.667. The Hall–Kier alpha value is -1.50. The van der Waals surface area contributed by atoms with Crippen molar-refractivity contribution in [3.8, 4) is 0 Å². The molecule has 0 radical (unpaired) electrons. The van der Waals surface area contributed by atoms with Crippen molar-refractivity contribution in [1.29, 1.82) is 0 Å². The molecule has 0 aromatic heterocycles. The standard InChI is InChI=1S/C15H24N4O2S/c1-5-6-7-8-22-15-16-12-11(19(15)9-10(2)3)13(20)17-14(21)18(12)4/h11-12H,2,5-9H2,1,3-4H3,(H,17,20,21). The Labute approximate surface area is 136 Å².